The Balaban J connectivity index is 1.95. The average molecular weight is 363 g/mol. The second-order valence-electron chi connectivity index (χ2n) is 6.56. The van der Waals surface area contributed by atoms with Crippen LogP contribution in [0.25, 0.3) is 22.2 Å². The predicted octanol–water partition coefficient (Wildman–Crippen LogP) is 5.60. The summed E-state index contributed by atoms with van der Waals surface area (Å²) >= 11 is 1.57. The Morgan fingerprint density at radius 2 is 1.96 bits per heavy atom. The number of aromatic nitrogens is 1. The van der Waals surface area contributed by atoms with E-state index in [1.54, 1.807) is 19.1 Å². The molecule has 26 heavy (non-hydrogen) atoms. The van der Waals surface area contributed by atoms with Gasteiger partial charge in [0, 0.05) is 23.4 Å². The van der Waals surface area contributed by atoms with Gasteiger partial charge in [-0.3, -0.25) is 0 Å². The monoisotopic (exact) mass is 363 g/mol. The molecule has 1 heterocycles. The third kappa shape index (κ3) is 2.71. The van der Waals surface area contributed by atoms with Crippen LogP contribution in [0, 0.1) is 11.3 Å². The van der Waals surface area contributed by atoms with E-state index in [9.17, 15) is 5.26 Å². The van der Waals surface area contributed by atoms with Gasteiger partial charge >= 0.3 is 0 Å². The van der Waals surface area contributed by atoms with Crippen molar-refractivity contribution in [2.24, 2.45) is 0 Å². The van der Waals surface area contributed by atoms with Crippen molar-refractivity contribution in [2.75, 3.05) is 18.1 Å². The molecule has 5 heteroatoms. The minimum atomic E-state index is 0.465. The molecule has 0 radical (unpaired) electrons. The number of rotatable bonds is 5. The standard InChI is InChI=1S/C21H21N3OS/c1-25-17-10-11-20-18(12-17)19(13-22)21(24(20)16-4-3-5-16)14-6-8-15(9-7-14)23-26-2/h6-12,16,23H,3-5H2,1-2H3. The van der Waals surface area contributed by atoms with E-state index in [1.807, 2.05) is 18.4 Å². The number of hydrogen-bond donors (Lipinski definition) is 1. The molecule has 1 aliphatic rings. The lowest BCUT2D eigenvalue weighted by Crippen LogP contribution is -2.17. The van der Waals surface area contributed by atoms with Crippen LogP contribution in [0.15, 0.2) is 42.5 Å². The van der Waals surface area contributed by atoms with E-state index in [2.05, 4.69) is 45.7 Å². The molecule has 1 saturated carbocycles. The van der Waals surface area contributed by atoms with Crippen LogP contribution in [-0.4, -0.2) is 17.9 Å². The Morgan fingerprint density at radius 1 is 1.19 bits per heavy atom. The van der Waals surface area contributed by atoms with Crippen LogP contribution >= 0.6 is 11.9 Å². The van der Waals surface area contributed by atoms with E-state index in [0.29, 0.717) is 6.04 Å². The molecule has 0 amide bonds. The molecule has 2 aromatic carbocycles. The average Bonchev–Trinajstić information content (AvgIpc) is 2.94. The molecular weight excluding hydrogens is 342 g/mol. The summed E-state index contributed by atoms with van der Waals surface area (Å²) in [5.74, 6) is 0.783. The summed E-state index contributed by atoms with van der Waals surface area (Å²) in [5.41, 5.74) is 5.02. The molecule has 1 aliphatic carbocycles. The van der Waals surface area contributed by atoms with Crippen LogP contribution in [0.4, 0.5) is 5.69 Å². The van der Waals surface area contributed by atoms with Crippen LogP contribution in [0.3, 0.4) is 0 Å². The highest BCUT2D eigenvalue weighted by Gasteiger charge is 2.27. The van der Waals surface area contributed by atoms with Gasteiger partial charge in [0.25, 0.3) is 0 Å². The van der Waals surface area contributed by atoms with Gasteiger partial charge in [0.2, 0.25) is 0 Å². The second-order valence-corrected chi connectivity index (χ2v) is 7.17. The fourth-order valence-corrected chi connectivity index (χ4v) is 4.03. The second kappa shape index (κ2) is 6.97. The van der Waals surface area contributed by atoms with E-state index in [-0.39, 0.29) is 0 Å². The van der Waals surface area contributed by atoms with Gasteiger partial charge in [0.1, 0.15) is 11.8 Å². The molecular formula is C21H21N3OS. The molecule has 1 aromatic heterocycles. The van der Waals surface area contributed by atoms with Gasteiger partial charge in [-0.25, -0.2) is 0 Å². The SMILES string of the molecule is COc1ccc2c(c1)c(C#N)c(-c1ccc(NSC)cc1)n2C1CCC1. The summed E-state index contributed by atoms with van der Waals surface area (Å²) in [6.07, 6.45) is 5.58. The van der Waals surface area contributed by atoms with Crippen LogP contribution in [0.1, 0.15) is 30.9 Å². The number of ether oxygens (including phenoxy) is 1. The van der Waals surface area contributed by atoms with E-state index >= 15 is 0 Å². The minimum Gasteiger partial charge on any atom is -0.497 e. The first-order valence-corrected chi connectivity index (χ1v) is 10.0. The van der Waals surface area contributed by atoms with Gasteiger partial charge in [0.05, 0.1) is 23.9 Å². The summed E-state index contributed by atoms with van der Waals surface area (Å²) < 4.78 is 11.0. The first-order valence-electron chi connectivity index (χ1n) is 8.78. The van der Waals surface area contributed by atoms with Gasteiger partial charge < -0.3 is 14.0 Å². The van der Waals surface area contributed by atoms with Crippen LogP contribution in [0.2, 0.25) is 0 Å². The number of hydrogen-bond acceptors (Lipinski definition) is 4. The predicted molar refractivity (Wildman–Crippen MR) is 109 cm³/mol. The quantitative estimate of drug-likeness (QED) is 0.599. The van der Waals surface area contributed by atoms with Crippen molar-refractivity contribution in [1.82, 2.24) is 4.57 Å². The molecule has 0 spiro atoms. The van der Waals surface area contributed by atoms with E-state index < -0.39 is 0 Å². The number of fused-ring (bicyclic) bond motifs is 1. The van der Waals surface area contributed by atoms with Crippen molar-refractivity contribution in [2.45, 2.75) is 25.3 Å². The van der Waals surface area contributed by atoms with Crippen LogP contribution in [0.5, 0.6) is 5.75 Å². The summed E-state index contributed by atoms with van der Waals surface area (Å²) in [6, 6.07) is 17.3. The largest absolute Gasteiger partial charge is 0.497 e. The molecule has 0 aliphatic heterocycles. The topological polar surface area (TPSA) is 50.0 Å². The molecule has 0 atom stereocenters. The minimum absolute atomic E-state index is 0.465. The van der Waals surface area contributed by atoms with E-state index in [4.69, 9.17) is 4.74 Å². The van der Waals surface area contributed by atoms with Crippen LogP contribution in [-0.2, 0) is 0 Å². The number of nitrogens with one attached hydrogen (secondary N) is 1. The molecule has 3 aromatic rings. The van der Waals surface area contributed by atoms with Crippen LogP contribution < -0.4 is 9.46 Å². The first kappa shape index (κ1) is 16.9. The number of anilines is 1. The van der Waals surface area contributed by atoms with Gasteiger partial charge in [0.15, 0.2) is 0 Å². The van der Waals surface area contributed by atoms with E-state index in [1.165, 1.54) is 19.3 Å². The maximum absolute atomic E-state index is 9.95. The fourth-order valence-electron chi connectivity index (χ4n) is 3.66. The zero-order chi connectivity index (χ0) is 18.1. The molecule has 1 N–H and O–H groups in total. The summed E-state index contributed by atoms with van der Waals surface area (Å²) in [5, 5.41) is 10.9. The third-order valence-electron chi connectivity index (χ3n) is 5.14. The van der Waals surface area contributed by atoms with Crippen molar-refractivity contribution in [3.63, 3.8) is 0 Å². The smallest absolute Gasteiger partial charge is 0.119 e. The Labute approximate surface area is 157 Å². The van der Waals surface area contributed by atoms with Gasteiger partial charge in [-0.15, -0.1) is 0 Å². The Bertz CT molecular complexity index is 981. The Hall–Kier alpha value is -2.58. The lowest BCUT2D eigenvalue weighted by molar-refractivity contribution is 0.324. The van der Waals surface area contributed by atoms with E-state index in [0.717, 1.165) is 39.2 Å². The van der Waals surface area contributed by atoms with Gasteiger partial charge in [-0.2, -0.15) is 5.26 Å². The molecule has 0 bridgehead atoms. The third-order valence-corrected chi connectivity index (χ3v) is 5.58. The molecule has 1 fully saturated rings. The Morgan fingerprint density at radius 3 is 2.54 bits per heavy atom. The molecule has 4 rings (SSSR count). The van der Waals surface area contributed by atoms with Crippen molar-refractivity contribution in [3.8, 4) is 23.1 Å². The number of nitrogens with zero attached hydrogens (tertiary/aromatic N) is 2. The lowest BCUT2D eigenvalue weighted by atomic mass is 9.92. The fraction of sp³-hybridized carbons (Fsp3) is 0.286. The number of nitriles is 1. The summed E-state index contributed by atoms with van der Waals surface area (Å²) in [6.45, 7) is 0. The highest BCUT2D eigenvalue weighted by molar-refractivity contribution is 7.99. The zero-order valence-electron chi connectivity index (χ0n) is 15.0. The normalized spacial score (nSPS) is 14.0. The summed E-state index contributed by atoms with van der Waals surface area (Å²) in [7, 11) is 1.66. The lowest BCUT2D eigenvalue weighted by Gasteiger charge is -2.30. The first-order chi connectivity index (χ1) is 12.8. The molecule has 132 valence electrons. The molecule has 4 nitrogen and oxygen atoms in total. The highest BCUT2D eigenvalue weighted by Crippen LogP contribution is 2.43. The molecule has 0 saturated heterocycles. The highest BCUT2D eigenvalue weighted by atomic mass is 32.2. The summed E-state index contributed by atoms with van der Waals surface area (Å²) in [4.78, 5) is 0. The van der Waals surface area contributed by atoms with Crippen molar-refractivity contribution >= 4 is 28.5 Å². The molecule has 0 unspecified atom stereocenters. The van der Waals surface area contributed by atoms with Gasteiger partial charge in [-0.05, 0) is 55.2 Å². The maximum atomic E-state index is 9.95. The van der Waals surface area contributed by atoms with Gasteiger partial charge in [-0.1, -0.05) is 24.1 Å². The number of benzene rings is 2. The number of methoxy groups -OCH3 is 1. The maximum Gasteiger partial charge on any atom is 0.119 e. The van der Waals surface area contributed by atoms with Crippen molar-refractivity contribution in [3.05, 3.63) is 48.0 Å². The van der Waals surface area contributed by atoms with Crippen molar-refractivity contribution < 1.29 is 4.74 Å². The zero-order valence-corrected chi connectivity index (χ0v) is 15.8. The Kier molecular flexibility index (Phi) is 4.52. The van der Waals surface area contributed by atoms with Crippen molar-refractivity contribution in [1.29, 1.82) is 5.26 Å².